The number of carbonyl (C=O) groups is 2. The topological polar surface area (TPSA) is 110 Å². The van der Waals surface area contributed by atoms with E-state index in [1.165, 1.54) is 11.0 Å². The van der Waals surface area contributed by atoms with E-state index in [2.05, 4.69) is 15.3 Å². The number of amides is 2. The molecular formula is C23H24ClF2N5O3. The van der Waals surface area contributed by atoms with Crippen LogP contribution in [0.15, 0.2) is 35.5 Å². The zero-order chi connectivity index (χ0) is 24.6. The van der Waals surface area contributed by atoms with Crippen molar-refractivity contribution in [3.05, 3.63) is 58.4 Å². The Morgan fingerprint density at radius 1 is 1.38 bits per heavy atom. The molecule has 3 atom stereocenters. The number of aromatic nitrogens is 1. The number of hydrogen-bond donors (Lipinski definition) is 2. The van der Waals surface area contributed by atoms with Gasteiger partial charge in [-0.3, -0.25) is 14.5 Å². The molecule has 0 bridgehead atoms. The molecule has 1 saturated heterocycles. The molecule has 2 amide bonds. The van der Waals surface area contributed by atoms with Gasteiger partial charge in [0.05, 0.1) is 35.0 Å². The maximum atomic E-state index is 14.0. The van der Waals surface area contributed by atoms with Crippen LogP contribution in [-0.2, 0) is 15.1 Å². The Labute approximate surface area is 200 Å². The molecule has 1 aromatic heterocycles. The van der Waals surface area contributed by atoms with E-state index in [0.717, 1.165) is 6.20 Å². The van der Waals surface area contributed by atoms with Gasteiger partial charge in [-0.05, 0) is 32.8 Å². The van der Waals surface area contributed by atoms with Gasteiger partial charge in [0, 0.05) is 24.3 Å². The van der Waals surface area contributed by atoms with E-state index in [1.807, 2.05) is 6.92 Å². The van der Waals surface area contributed by atoms with Crippen LogP contribution in [0.4, 0.5) is 14.5 Å². The Morgan fingerprint density at radius 2 is 2.15 bits per heavy atom. The molecule has 34 heavy (non-hydrogen) atoms. The van der Waals surface area contributed by atoms with Crippen molar-refractivity contribution in [2.24, 2.45) is 10.7 Å². The van der Waals surface area contributed by atoms with Gasteiger partial charge >= 0.3 is 0 Å². The van der Waals surface area contributed by atoms with Crippen molar-refractivity contribution in [1.82, 2.24) is 9.88 Å². The number of nitrogens with two attached hydrogens (primary N) is 1. The van der Waals surface area contributed by atoms with Crippen LogP contribution in [0.1, 0.15) is 49.2 Å². The van der Waals surface area contributed by atoms with Gasteiger partial charge in [-0.1, -0.05) is 23.7 Å². The number of pyridine rings is 1. The van der Waals surface area contributed by atoms with Crippen LogP contribution in [0.3, 0.4) is 0 Å². The number of anilines is 1. The quantitative estimate of drug-likeness (QED) is 0.679. The molecular weight excluding hydrogens is 468 g/mol. The predicted octanol–water partition coefficient (Wildman–Crippen LogP) is 3.60. The minimum Gasteiger partial charge on any atom is -0.378 e. The third-order valence-electron chi connectivity index (χ3n) is 6.04. The molecule has 11 heteroatoms. The first-order chi connectivity index (χ1) is 16.1. The minimum atomic E-state index is -1.10. The molecule has 0 aliphatic carbocycles. The van der Waals surface area contributed by atoms with Crippen molar-refractivity contribution < 1.29 is 23.1 Å². The first-order valence-electron chi connectivity index (χ1n) is 10.8. The van der Waals surface area contributed by atoms with Crippen molar-refractivity contribution >= 4 is 35.1 Å². The molecule has 2 aromatic rings. The SMILES string of the molecule is C[C@@H]1C[C@H](N2C(=O)C[C@@](C)(c3cccc(NC(=O)c4ncc(F)cc4F)c3Cl)N=C2N)CCO1. The lowest BCUT2D eigenvalue weighted by Gasteiger charge is -2.41. The van der Waals surface area contributed by atoms with Crippen LogP contribution >= 0.6 is 11.6 Å². The van der Waals surface area contributed by atoms with Gasteiger partial charge in [-0.15, -0.1) is 0 Å². The Morgan fingerprint density at radius 3 is 2.82 bits per heavy atom. The summed E-state index contributed by atoms with van der Waals surface area (Å²) < 4.78 is 32.6. The summed E-state index contributed by atoms with van der Waals surface area (Å²) >= 11 is 6.59. The summed E-state index contributed by atoms with van der Waals surface area (Å²) in [5, 5.41) is 2.61. The van der Waals surface area contributed by atoms with Gasteiger partial charge in [0.2, 0.25) is 5.91 Å². The lowest BCUT2D eigenvalue weighted by Crippen LogP contribution is -2.56. The van der Waals surface area contributed by atoms with Crippen LogP contribution in [-0.4, -0.2) is 46.4 Å². The van der Waals surface area contributed by atoms with E-state index < -0.39 is 28.8 Å². The fourth-order valence-corrected chi connectivity index (χ4v) is 4.79. The van der Waals surface area contributed by atoms with Gasteiger partial charge in [0.25, 0.3) is 5.91 Å². The third kappa shape index (κ3) is 4.60. The Kier molecular flexibility index (Phi) is 6.55. The largest absolute Gasteiger partial charge is 0.378 e. The summed E-state index contributed by atoms with van der Waals surface area (Å²) in [5.41, 5.74) is 5.23. The van der Waals surface area contributed by atoms with Gasteiger partial charge < -0.3 is 15.8 Å². The molecule has 1 aromatic carbocycles. The summed E-state index contributed by atoms with van der Waals surface area (Å²) in [6.07, 6.45) is 2.11. The average molecular weight is 492 g/mol. The molecule has 0 unspecified atom stereocenters. The zero-order valence-corrected chi connectivity index (χ0v) is 19.4. The van der Waals surface area contributed by atoms with E-state index in [1.54, 1.807) is 19.1 Å². The molecule has 2 aliphatic rings. The number of carbonyl (C=O) groups excluding carboxylic acids is 2. The third-order valence-corrected chi connectivity index (χ3v) is 6.45. The fourth-order valence-electron chi connectivity index (χ4n) is 4.42. The second-order valence-electron chi connectivity index (χ2n) is 8.65. The molecule has 0 saturated carbocycles. The second kappa shape index (κ2) is 9.27. The lowest BCUT2D eigenvalue weighted by atomic mass is 9.86. The highest BCUT2D eigenvalue weighted by atomic mass is 35.5. The van der Waals surface area contributed by atoms with E-state index >= 15 is 0 Å². The first kappa shape index (κ1) is 24.0. The second-order valence-corrected chi connectivity index (χ2v) is 9.03. The molecule has 8 nitrogen and oxygen atoms in total. The molecule has 0 spiro atoms. The van der Waals surface area contributed by atoms with Gasteiger partial charge in [0.15, 0.2) is 17.5 Å². The van der Waals surface area contributed by atoms with Gasteiger partial charge in [-0.25, -0.2) is 18.8 Å². The Balaban J connectivity index is 1.61. The van der Waals surface area contributed by atoms with Crippen LogP contribution < -0.4 is 11.1 Å². The number of aliphatic imine (C=N–C) groups is 1. The standard InChI is InChI=1S/C23H24ClF2N5O3/c1-12-8-14(6-7-34-12)31-18(32)10-23(2,30-22(31)27)15-4-3-5-17(19(15)24)29-21(33)20-16(26)9-13(25)11-28-20/h3-5,9,11-12,14H,6-8,10H2,1-2H3,(H2,27,30)(H,29,33)/t12-,14-,23+/m1/s1. The van der Waals surface area contributed by atoms with Gasteiger partial charge in [0.1, 0.15) is 5.82 Å². The summed E-state index contributed by atoms with van der Waals surface area (Å²) in [5.74, 6) is -2.99. The summed E-state index contributed by atoms with van der Waals surface area (Å²) in [6, 6.07) is 5.30. The molecule has 180 valence electrons. The summed E-state index contributed by atoms with van der Waals surface area (Å²) in [7, 11) is 0. The number of rotatable bonds is 4. The molecule has 3 heterocycles. The fraction of sp³-hybridized carbons (Fsp3) is 0.391. The van der Waals surface area contributed by atoms with E-state index in [4.69, 9.17) is 22.1 Å². The first-order valence-corrected chi connectivity index (χ1v) is 11.2. The van der Waals surface area contributed by atoms with Crippen LogP contribution in [0.2, 0.25) is 5.02 Å². The highest BCUT2D eigenvalue weighted by molar-refractivity contribution is 6.35. The lowest BCUT2D eigenvalue weighted by molar-refractivity contribution is -0.133. The Hall–Kier alpha value is -3.11. The molecule has 0 radical (unpaired) electrons. The smallest absolute Gasteiger partial charge is 0.277 e. The monoisotopic (exact) mass is 491 g/mol. The summed E-state index contributed by atoms with van der Waals surface area (Å²) in [4.78, 5) is 35.3. The highest BCUT2D eigenvalue weighted by Crippen LogP contribution is 2.41. The molecule has 4 rings (SSSR count). The van der Waals surface area contributed by atoms with Crippen molar-refractivity contribution in [3.63, 3.8) is 0 Å². The number of ether oxygens (including phenoxy) is 1. The minimum absolute atomic E-state index is 0.0165. The van der Waals surface area contributed by atoms with Crippen molar-refractivity contribution in [2.45, 2.75) is 50.8 Å². The van der Waals surface area contributed by atoms with E-state index in [-0.39, 0.29) is 41.1 Å². The normalized spacial score (nSPS) is 25.1. The predicted molar refractivity (Wildman–Crippen MR) is 122 cm³/mol. The van der Waals surface area contributed by atoms with Crippen LogP contribution in [0.5, 0.6) is 0 Å². The van der Waals surface area contributed by atoms with Gasteiger partial charge in [-0.2, -0.15) is 0 Å². The van der Waals surface area contributed by atoms with Crippen molar-refractivity contribution in [3.8, 4) is 0 Å². The number of nitrogens with zero attached hydrogens (tertiary/aromatic N) is 3. The summed E-state index contributed by atoms with van der Waals surface area (Å²) in [6.45, 7) is 4.22. The van der Waals surface area contributed by atoms with Crippen LogP contribution in [0.25, 0.3) is 0 Å². The number of guanidine groups is 1. The highest BCUT2D eigenvalue weighted by Gasteiger charge is 2.42. The molecule has 1 fully saturated rings. The van der Waals surface area contributed by atoms with E-state index in [0.29, 0.717) is 31.1 Å². The maximum Gasteiger partial charge on any atom is 0.277 e. The molecule has 3 N–H and O–H groups in total. The zero-order valence-electron chi connectivity index (χ0n) is 18.6. The van der Waals surface area contributed by atoms with Crippen molar-refractivity contribution in [2.75, 3.05) is 11.9 Å². The molecule has 2 aliphatic heterocycles. The number of halogens is 3. The Bertz CT molecular complexity index is 1180. The number of nitrogens with one attached hydrogen (secondary N) is 1. The number of benzene rings is 1. The van der Waals surface area contributed by atoms with Crippen LogP contribution in [0, 0.1) is 11.6 Å². The van der Waals surface area contributed by atoms with E-state index in [9.17, 15) is 18.4 Å². The van der Waals surface area contributed by atoms with Crippen molar-refractivity contribution in [1.29, 1.82) is 0 Å². The average Bonchev–Trinajstić information content (AvgIpc) is 2.74. The number of hydrogen-bond acceptors (Lipinski definition) is 6. The maximum absolute atomic E-state index is 14.0.